The van der Waals surface area contributed by atoms with Crippen LogP contribution in [-0.2, 0) is 16.6 Å². The second-order valence-electron chi connectivity index (χ2n) is 2.68. The lowest BCUT2D eigenvalue weighted by atomic mass is 10.2. The van der Waals surface area contributed by atoms with E-state index in [1.807, 2.05) is 0 Å². The number of nitrogens with two attached hydrogens (primary N) is 1. The van der Waals surface area contributed by atoms with Gasteiger partial charge in [0.05, 0.1) is 4.90 Å². The topological polar surface area (TPSA) is 72.2 Å². The molecule has 4 nitrogen and oxygen atoms in total. The lowest BCUT2D eigenvalue weighted by molar-refractivity contribution is 0.587. The minimum Gasteiger partial charge on any atom is -0.326 e. The fourth-order valence-electron chi connectivity index (χ4n) is 0.999. The molecule has 78 valence electrons. The van der Waals surface area contributed by atoms with Crippen molar-refractivity contribution in [1.82, 2.24) is 4.72 Å². The first-order valence-electron chi connectivity index (χ1n) is 3.93. The number of sulfonamides is 1. The van der Waals surface area contributed by atoms with Gasteiger partial charge in [-0.15, -0.1) is 0 Å². The summed E-state index contributed by atoms with van der Waals surface area (Å²) < 4.78 is 25.7. The van der Waals surface area contributed by atoms with Gasteiger partial charge in [-0.05, 0) is 40.7 Å². The van der Waals surface area contributed by atoms with Crippen LogP contribution < -0.4 is 10.5 Å². The summed E-state index contributed by atoms with van der Waals surface area (Å²) in [6.07, 6.45) is 0. The van der Waals surface area contributed by atoms with Crippen molar-refractivity contribution in [3.05, 3.63) is 28.2 Å². The van der Waals surface area contributed by atoms with Gasteiger partial charge in [-0.25, -0.2) is 13.1 Å². The van der Waals surface area contributed by atoms with E-state index in [0.717, 1.165) is 5.56 Å². The van der Waals surface area contributed by atoms with E-state index < -0.39 is 10.0 Å². The van der Waals surface area contributed by atoms with Crippen LogP contribution in [-0.4, -0.2) is 15.5 Å². The maximum absolute atomic E-state index is 11.4. The van der Waals surface area contributed by atoms with E-state index in [2.05, 4.69) is 20.7 Å². The highest BCUT2D eigenvalue weighted by molar-refractivity contribution is 9.10. The molecule has 0 atom stereocenters. The zero-order chi connectivity index (χ0) is 10.8. The van der Waals surface area contributed by atoms with Crippen molar-refractivity contribution in [2.45, 2.75) is 11.4 Å². The molecule has 0 aliphatic rings. The first-order chi connectivity index (χ1) is 6.51. The molecular weight excluding hydrogens is 268 g/mol. The molecule has 1 rings (SSSR count). The average Bonchev–Trinajstić information content (AvgIpc) is 2.17. The van der Waals surface area contributed by atoms with Gasteiger partial charge in [0.2, 0.25) is 10.0 Å². The van der Waals surface area contributed by atoms with Gasteiger partial charge >= 0.3 is 0 Å². The van der Waals surface area contributed by atoms with Crippen LogP contribution >= 0.6 is 15.9 Å². The largest absolute Gasteiger partial charge is 0.326 e. The number of benzene rings is 1. The van der Waals surface area contributed by atoms with E-state index in [0.29, 0.717) is 11.0 Å². The average molecular weight is 279 g/mol. The van der Waals surface area contributed by atoms with Crippen LogP contribution in [0.25, 0.3) is 0 Å². The Morgan fingerprint density at radius 3 is 2.57 bits per heavy atom. The molecule has 0 spiro atoms. The van der Waals surface area contributed by atoms with Crippen molar-refractivity contribution in [2.24, 2.45) is 5.73 Å². The Labute approximate surface area is 91.7 Å². The Hall–Kier alpha value is -0.430. The summed E-state index contributed by atoms with van der Waals surface area (Å²) in [5, 5.41) is 0. The fourth-order valence-corrected chi connectivity index (χ4v) is 2.85. The highest BCUT2D eigenvalue weighted by Gasteiger charge is 2.14. The third-order valence-electron chi connectivity index (χ3n) is 1.79. The molecule has 0 heterocycles. The fraction of sp³-hybridized carbons (Fsp3) is 0.250. The third kappa shape index (κ3) is 2.33. The second kappa shape index (κ2) is 4.39. The Morgan fingerprint density at radius 2 is 2.14 bits per heavy atom. The second-order valence-corrected chi connectivity index (χ2v) is 5.39. The number of hydrogen-bond acceptors (Lipinski definition) is 3. The summed E-state index contributed by atoms with van der Waals surface area (Å²) in [5.41, 5.74) is 6.31. The van der Waals surface area contributed by atoms with Gasteiger partial charge in [-0.1, -0.05) is 6.07 Å². The molecular formula is C8H11BrN2O2S. The monoisotopic (exact) mass is 278 g/mol. The van der Waals surface area contributed by atoms with Gasteiger partial charge in [0.15, 0.2) is 0 Å². The Kier molecular flexibility index (Phi) is 3.65. The van der Waals surface area contributed by atoms with E-state index in [4.69, 9.17) is 5.73 Å². The molecule has 0 radical (unpaired) electrons. The van der Waals surface area contributed by atoms with Gasteiger partial charge in [0, 0.05) is 11.0 Å². The maximum atomic E-state index is 11.4. The molecule has 0 aliphatic heterocycles. The zero-order valence-corrected chi connectivity index (χ0v) is 10.0. The van der Waals surface area contributed by atoms with Crippen LogP contribution in [0.3, 0.4) is 0 Å². The van der Waals surface area contributed by atoms with Crippen LogP contribution in [0.15, 0.2) is 27.6 Å². The molecule has 0 aromatic heterocycles. The van der Waals surface area contributed by atoms with Gasteiger partial charge in [0.1, 0.15) is 0 Å². The van der Waals surface area contributed by atoms with Gasteiger partial charge in [0.25, 0.3) is 0 Å². The highest BCUT2D eigenvalue weighted by atomic mass is 79.9. The van der Waals surface area contributed by atoms with Crippen LogP contribution in [0.1, 0.15) is 5.56 Å². The van der Waals surface area contributed by atoms with Crippen LogP contribution in [0.4, 0.5) is 0 Å². The Balaban J connectivity index is 3.26. The summed E-state index contributed by atoms with van der Waals surface area (Å²) in [6, 6.07) is 4.91. The molecule has 0 amide bonds. The minimum absolute atomic E-state index is 0.220. The first-order valence-corrected chi connectivity index (χ1v) is 6.21. The summed E-state index contributed by atoms with van der Waals surface area (Å²) in [5.74, 6) is 0. The number of halogens is 1. The van der Waals surface area contributed by atoms with Gasteiger partial charge in [-0.3, -0.25) is 0 Å². The Morgan fingerprint density at radius 1 is 1.50 bits per heavy atom. The summed E-state index contributed by atoms with van der Waals surface area (Å²) in [4.78, 5) is 0.220. The van der Waals surface area contributed by atoms with Crippen molar-refractivity contribution in [3.63, 3.8) is 0 Å². The van der Waals surface area contributed by atoms with Gasteiger partial charge in [-0.2, -0.15) is 0 Å². The normalized spacial score (nSPS) is 11.6. The van der Waals surface area contributed by atoms with E-state index in [-0.39, 0.29) is 4.90 Å². The Bertz CT molecular complexity index is 431. The number of nitrogens with one attached hydrogen (secondary N) is 1. The van der Waals surface area contributed by atoms with Crippen LogP contribution in [0, 0.1) is 0 Å². The molecule has 0 bridgehead atoms. The molecule has 1 aromatic rings. The van der Waals surface area contributed by atoms with E-state index in [1.54, 1.807) is 12.1 Å². The molecule has 0 saturated heterocycles. The van der Waals surface area contributed by atoms with Crippen molar-refractivity contribution < 1.29 is 8.42 Å². The molecule has 0 fully saturated rings. The molecule has 14 heavy (non-hydrogen) atoms. The van der Waals surface area contributed by atoms with Crippen LogP contribution in [0.2, 0.25) is 0 Å². The molecule has 3 N–H and O–H groups in total. The van der Waals surface area contributed by atoms with Crippen molar-refractivity contribution in [2.75, 3.05) is 7.05 Å². The van der Waals surface area contributed by atoms with Gasteiger partial charge < -0.3 is 5.73 Å². The van der Waals surface area contributed by atoms with Crippen molar-refractivity contribution >= 4 is 26.0 Å². The quantitative estimate of drug-likeness (QED) is 0.860. The lowest BCUT2D eigenvalue weighted by Crippen LogP contribution is -2.19. The molecule has 0 saturated carbocycles. The third-order valence-corrected chi connectivity index (χ3v) is 4.18. The predicted octanol–water partition coefficient (Wildman–Crippen LogP) is 0.816. The molecule has 0 aliphatic carbocycles. The summed E-state index contributed by atoms with van der Waals surface area (Å²) >= 11 is 3.19. The summed E-state index contributed by atoms with van der Waals surface area (Å²) in [7, 11) is -2.02. The van der Waals surface area contributed by atoms with E-state index >= 15 is 0 Å². The SMILES string of the molecule is CNS(=O)(=O)c1ccc(CN)cc1Br. The first kappa shape index (κ1) is 11.6. The van der Waals surface area contributed by atoms with Crippen molar-refractivity contribution in [3.8, 4) is 0 Å². The molecule has 0 unspecified atom stereocenters. The number of hydrogen-bond donors (Lipinski definition) is 2. The minimum atomic E-state index is -3.39. The van der Waals surface area contributed by atoms with E-state index in [9.17, 15) is 8.42 Å². The maximum Gasteiger partial charge on any atom is 0.241 e. The smallest absolute Gasteiger partial charge is 0.241 e. The molecule has 1 aromatic carbocycles. The van der Waals surface area contributed by atoms with Crippen molar-refractivity contribution in [1.29, 1.82) is 0 Å². The van der Waals surface area contributed by atoms with E-state index in [1.165, 1.54) is 13.1 Å². The number of rotatable bonds is 3. The lowest BCUT2D eigenvalue weighted by Gasteiger charge is -2.06. The summed E-state index contributed by atoms with van der Waals surface area (Å²) in [6.45, 7) is 0.387. The standard InChI is InChI=1S/C8H11BrN2O2S/c1-11-14(12,13)8-3-2-6(5-10)4-7(8)9/h2-4,11H,5,10H2,1H3. The van der Waals surface area contributed by atoms with Crippen LogP contribution in [0.5, 0.6) is 0 Å². The highest BCUT2D eigenvalue weighted by Crippen LogP contribution is 2.22. The zero-order valence-electron chi connectivity index (χ0n) is 7.62. The molecule has 6 heteroatoms. The predicted molar refractivity (Wildman–Crippen MR) is 58.3 cm³/mol.